The second kappa shape index (κ2) is 10.9. The summed E-state index contributed by atoms with van der Waals surface area (Å²) in [7, 11) is 1.57. The number of amides is 2. The summed E-state index contributed by atoms with van der Waals surface area (Å²) in [5.41, 5.74) is 1.10. The SMILES string of the molecule is COc1ccc(N(C(=O)CCl)C(C(=O)NC2CCCCC2C)c2ccccc2Cl)cc1. The van der Waals surface area contributed by atoms with E-state index >= 15 is 0 Å². The molecular weight excluding hydrogens is 435 g/mol. The fourth-order valence-corrected chi connectivity index (χ4v) is 4.50. The Morgan fingerprint density at radius 3 is 2.42 bits per heavy atom. The predicted molar refractivity (Wildman–Crippen MR) is 125 cm³/mol. The lowest BCUT2D eigenvalue weighted by molar-refractivity contribution is -0.126. The lowest BCUT2D eigenvalue weighted by Crippen LogP contribution is -2.49. The molecule has 2 amide bonds. The third-order valence-electron chi connectivity index (χ3n) is 5.88. The highest BCUT2D eigenvalue weighted by Gasteiger charge is 2.35. The van der Waals surface area contributed by atoms with Gasteiger partial charge in [0.2, 0.25) is 11.8 Å². The van der Waals surface area contributed by atoms with Gasteiger partial charge < -0.3 is 10.1 Å². The molecule has 1 aliphatic carbocycles. The number of rotatable bonds is 7. The number of benzene rings is 2. The van der Waals surface area contributed by atoms with Crippen molar-refractivity contribution in [1.82, 2.24) is 5.32 Å². The number of alkyl halides is 1. The van der Waals surface area contributed by atoms with Gasteiger partial charge in [-0.05, 0) is 49.1 Å². The number of carbonyl (C=O) groups is 2. The van der Waals surface area contributed by atoms with Crippen LogP contribution >= 0.6 is 23.2 Å². The molecule has 2 aromatic carbocycles. The van der Waals surface area contributed by atoms with Gasteiger partial charge in [0.1, 0.15) is 17.7 Å². The van der Waals surface area contributed by atoms with E-state index in [1.807, 2.05) is 6.07 Å². The van der Waals surface area contributed by atoms with Crippen LogP contribution in [0.3, 0.4) is 0 Å². The molecular formula is C24H28Cl2N2O3. The minimum atomic E-state index is -0.942. The molecule has 1 saturated carbocycles. The van der Waals surface area contributed by atoms with E-state index in [-0.39, 0.29) is 23.7 Å². The Bertz CT molecular complexity index is 904. The van der Waals surface area contributed by atoms with Gasteiger partial charge in [-0.15, -0.1) is 11.6 Å². The highest BCUT2D eigenvalue weighted by Crippen LogP contribution is 2.34. The Morgan fingerprint density at radius 1 is 1.13 bits per heavy atom. The van der Waals surface area contributed by atoms with E-state index in [1.165, 1.54) is 11.3 Å². The molecule has 1 fully saturated rings. The van der Waals surface area contributed by atoms with Crippen LogP contribution in [0.4, 0.5) is 5.69 Å². The Labute approximate surface area is 193 Å². The van der Waals surface area contributed by atoms with Crippen molar-refractivity contribution in [3.8, 4) is 5.75 Å². The lowest BCUT2D eigenvalue weighted by atomic mass is 9.85. The monoisotopic (exact) mass is 462 g/mol. The molecule has 2 aromatic rings. The number of anilines is 1. The molecule has 0 spiro atoms. The molecule has 3 unspecified atom stereocenters. The number of ether oxygens (including phenoxy) is 1. The third kappa shape index (κ3) is 5.52. The predicted octanol–water partition coefficient (Wildman–Crippen LogP) is 5.36. The Hall–Kier alpha value is -2.24. The number of methoxy groups -OCH3 is 1. The first-order valence-corrected chi connectivity index (χ1v) is 11.4. The van der Waals surface area contributed by atoms with Crippen LogP contribution in [-0.4, -0.2) is 30.8 Å². The first-order chi connectivity index (χ1) is 15.0. The summed E-state index contributed by atoms with van der Waals surface area (Å²) in [6.07, 6.45) is 4.25. The Morgan fingerprint density at radius 2 is 1.81 bits per heavy atom. The molecule has 0 aliphatic heterocycles. The van der Waals surface area contributed by atoms with E-state index in [1.54, 1.807) is 49.6 Å². The van der Waals surface area contributed by atoms with E-state index in [0.717, 1.165) is 19.3 Å². The maximum absolute atomic E-state index is 13.6. The van der Waals surface area contributed by atoms with E-state index in [9.17, 15) is 9.59 Å². The van der Waals surface area contributed by atoms with Gasteiger partial charge in [-0.2, -0.15) is 0 Å². The van der Waals surface area contributed by atoms with Crippen LogP contribution in [0, 0.1) is 5.92 Å². The lowest BCUT2D eigenvalue weighted by Gasteiger charge is -2.35. The minimum absolute atomic E-state index is 0.0649. The summed E-state index contributed by atoms with van der Waals surface area (Å²) in [4.78, 5) is 28.1. The van der Waals surface area contributed by atoms with Gasteiger partial charge in [-0.1, -0.05) is 49.6 Å². The summed E-state index contributed by atoms with van der Waals surface area (Å²) in [5.74, 6) is 0.115. The van der Waals surface area contributed by atoms with E-state index in [0.29, 0.717) is 27.9 Å². The van der Waals surface area contributed by atoms with Crippen LogP contribution in [0.15, 0.2) is 48.5 Å². The van der Waals surface area contributed by atoms with Gasteiger partial charge >= 0.3 is 0 Å². The smallest absolute Gasteiger partial charge is 0.248 e. The molecule has 0 bridgehead atoms. The minimum Gasteiger partial charge on any atom is -0.497 e. The summed E-state index contributed by atoms with van der Waals surface area (Å²) in [6, 6.07) is 13.2. The third-order valence-corrected chi connectivity index (χ3v) is 6.45. The molecule has 3 atom stereocenters. The standard InChI is InChI=1S/C24H28Cl2N2O3/c1-16-7-3-6-10-21(16)27-24(30)23(19-8-4-5-9-20(19)26)28(22(29)15-25)17-11-13-18(31-2)14-12-17/h4-5,8-9,11-14,16,21,23H,3,6-7,10,15H2,1-2H3,(H,27,30). The fraction of sp³-hybridized carbons (Fsp3) is 0.417. The van der Waals surface area contributed by atoms with E-state index in [2.05, 4.69) is 12.2 Å². The fourth-order valence-electron chi connectivity index (χ4n) is 4.13. The quantitative estimate of drug-likeness (QED) is 0.563. The van der Waals surface area contributed by atoms with Crippen molar-refractivity contribution in [3.05, 3.63) is 59.1 Å². The first-order valence-electron chi connectivity index (χ1n) is 10.5. The summed E-state index contributed by atoms with van der Waals surface area (Å²) in [6.45, 7) is 2.15. The zero-order chi connectivity index (χ0) is 22.4. The maximum atomic E-state index is 13.6. The number of hydrogen-bond donors (Lipinski definition) is 1. The van der Waals surface area contributed by atoms with Crippen LogP contribution < -0.4 is 15.0 Å². The van der Waals surface area contributed by atoms with E-state index in [4.69, 9.17) is 27.9 Å². The highest BCUT2D eigenvalue weighted by atomic mass is 35.5. The Kier molecular flexibility index (Phi) is 8.22. The van der Waals surface area contributed by atoms with Gasteiger partial charge in [0.05, 0.1) is 7.11 Å². The largest absolute Gasteiger partial charge is 0.497 e. The molecule has 1 N–H and O–H groups in total. The van der Waals surface area contributed by atoms with Gasteiger partial charge in [0, 0.05) is 22.3 Å². The molecule has 166 valence electrons. The zero-order valence-electron chi connectivity index (χ0n) is 17.8. The maximum Gasteiger partial charge on any atom is 0.248 e. The molecule has 0 radical (unpaired) electrons. The van der Waals surface area contributed by atoms with Crippen LogP contribution in [0.1, 0.15) is 44.2 Å². The van der Waals surface area contributed by atoms with Crippen molar-refractivity contribution >= 4 is 40.7 Å². The molecule has 0 heterocycles. The topological polar surface area (TPSA) is 58.6 Å². The normalized spacial score (nSPS) is 19.4. The second-order valence-corrected chi connectivity index (χ2v) is 8.57. The summed E-state index contributed by atoms with van der Waals surface area (Å²) >= 11 is 12.5. The van der Waals surface area contributed by atoms with Crippen LogP contribution in [0.5, 0.6) is 5.75 Å². The van der Waals surface area contributed by atoms with Gasteiger partial charge in [-0.3, -0.25) is 14.5 Å². The molecule has 31 heavy (non-hydrogen) atoms. The zero-order valence-corrected chi connectivity index (χ0v) is 19.3. The summed E-state index contributed by atoms with van der Waals surface area (Å²) < 4.78 is 5.23. The molecule has 3 rings (SSSR count). The number of nitrogens with zero attached hydrogens (tertiary/aromatic N) is 1. The van der Waals surface area contributed by atoms with E-state index < -0.39 is 6.04 Å². The molecule has 5 nitrogen and oxygen atoms in total. The average molecular weight is 463 g/mol. The second-order valence-electron chi connectivity index (χ2n) is 7.90. The number of nitrogens with one attached hydrogen (secondary N) is 1. The first kappa shape index (κ1) is 23.4. The van der Waals surface area contributed by atoms with Gasteiger partial charge in [0.25, 0.3) is 0 Å². The number of hydrogen-bond acceptors (Lipinski definition) is 3. The van der Waals surface area contributed by atoms with Crippen LogP contribution in [-0.2, 0) is 9.59 Å². The van der Waals surface area contributed by atoms with Crippen molar-refractivity contribution in [2.75, 3.05) is 17.9 Å². The molecule has 7 heteroatoms. The highest BCUT2D eigenvalue weighted by molar-refractivity contribution is 6.32. The average Bonchev–Trinajstić information content (AvgIpc) is 2.79. The number of halogens is 2. The summed E-state index contributed by atoms with van der Waals surface area (Å²) in [5, 5.41) is 3.60. The molecule has 0 saturated heterocycles. The van der Waals surface area contributed by atoms with Crippen molar-refractivity contribution in [3.63, 3.8) is 0 Å². The molecule has 1 aliphatic rings. The molecule has 0 aromatic heterocycles. The van der Waals surface area contributed by atoms with Crippen LogP contribution in [0.25, 0.3) is 0 Å². The van der Waals surface area contributed by atoms with Crippen LogP contribution in [0.2, 0.25) is 5.02 Å². The van der Waals surface area contributed by atoms with Gasteiger partial charge in [-0.25, -0.2) is 0 Å². The van der Waals surface area contributed by atoms with Crippen molar-refractivity contribution < 1.29 is 14.3 Å². The Balaban J connectivity index is 2.04. The van der Waals surface area contributed by atoms with Crippen molar-refractivity contribution in [2.24, 2.45) is 5.92 Å². The van der Waals surface area contributed by atoms with Gasteiger partial charge in [0.15, 0.2) is 0 Å². The van der Waals surface area contributed by atoms with Crippen molar-refractivity contribution in [2.45, 2.75) is 44.7 Å². The van der Waals surface area contributed by atoms with Crippen molar-refractivity contribution in [1.29, 1.82) is 0 Å². The number of carbonyl (C=O) groups excluding carboxylic acids is 2.